The van der Waals surface area contributed by atoms with Gasteiger partial charge in [0.2, 0.25) is 0 Å². The van der Waals surface area contributed by atoms with E-state index in [4.69, 9.17) is 4.42 Å². The van der Waals surface area contributed by atoms with Crippen LogP contribution in [0.3, 0.4) is 0 Å². The third kappa shape index (κ3) is 2.58. The van der Waals surface area contributed by atoms with Gasteiger partial charge in [-0.25, -0.2) is 5.43 Å². The number of furan rings is 1. The van der Waals surface area contributed by atoms with Crippen LogP contribution < -0.4 is 5.43 Å². The number of para-hydroxylation sites is 1. The number of hydrogen-bond acceptors (Lipinski definition) is 3. The van der Waals surface area contributed by atoms with Crippen LogP contribution >= 0.6 is 0 Å². The standard InChI is InChI=1S/C16H15N3O2/c1-10-7-8-12(21-10)9-17-19-16(20)15-11(2)13-5-3-4-6-14(13)18-15/h3-9,18H,1-2H3,(H,19,20)/b17-9-. The molecule has 106 valence electrons. The Balaban J connectivity index is 1.78. The molecule has 3 rings (SSSR count). The average molecular weight is 281 g/mol. The molecule has 21 heavy (non-hydrogen) atoms. The van der Waals surface area contributed by atoms with Crippen LogP contribution in [0, 0.1) is 13.8 Å². The number of H-pyrrole nitrogens is 1. The van der Waals surface area contributed by atoms with Gasteiger partial charge >= 0.3 is 0 Å². The molecule has 0 fully saturated rings. The number of nitrogens with one attached hydrogen (secondary N) is 2. The molecule has 0 aliphatic carbocycles. The minimum absolute atomic E-state index is 0.275. The maximum atomic E-state index is 12.1. The van der Waals surface area contributed by atoms with Gasteiger partial charge in [0.25, 0.3) is 5.91 Å². The molecule has 5 nitrogen and oxygen atoms in total. The zero-order valence-electron chi connectivity index (χ0n) is 11.8. The number of aromatic nitrogens is 1. The minimum atomic E-state index is -0.275. The lowest BCUT2D eigenvalue weighted by Crippen LogP contribution is -2.18. The number of fused-ring (bicyclic) bond motifs is 1. The summed E-state index contributed by atoms with van der Waals surface area (Å²) in [5.74, 6) is 1.12. The van der Waals surface area contributed by atoms with Crippen molar-refractivity contribution in [2.45, 2.75) is 13.8 Å². The molecule has 0 saturated carbocycles. The Kier molecular flexibility index (Phi) is 3.31. The molecule has 0 atom stereocenters. The molecule has 2 N–H and O–H groups in total. The highest BCUT2D eigenvalue weighted by Crippen LogP contribution is 2.20. The highest BCUT2D eigenvalue weighted by Gasteiger charge is 2.13. The first kappa shape index (κ1) is 13.2. The minimum Gasteiger partial charge on any atom is -0.460 e. The lowest BCUT2D eigenvalue weighted by molar-refractivity contribution is 0.0950. The van der Waals surface area contributed by atoms with Crippen LogP contribution in [0.4, 0.5) is 0 Å². The van der Waals surface area contributed by atoms with E-state index in [9.17, 15) is 4.79 Å². The molecule has 3 aromatic rings. The van der Waals surface area contributed by atoms with Gasteiger partial charge in [-0.15, -0.1) is 0 Å². The van der Waals surface area contributed by atoms with Crippen LogP contribution in [0.2, 0.25) is 0 Å². The number of aromatic amines is 1. The van der Waals surface area contributed by atoms with Gasteiger partial charge in [-0.2, -0.15) is 5.10 Å². The van der Waals surface area contributed by atoms with Crippen LogP contribution in [-0.2, 0) is 0 Å². The summed E-state index contributed by atoms with van der Waals surface area (Å²) in [6.45, 7) is 3.76. The maximum Gasteiger partial charge on any atom is 0.288 e. The van der Waals surface area contributed by atoms with Gasteiger partial charge in [0.1, 0.15) is 17.2 Å². The van der Waals surface area contributed by atoms with Crippen molar-refractivity contribution >= 4 is 23.0 Å². The third-order valence-corrected chi connectivity index (χ3v) is 3.31. The first-order chi connectivity index (χ1) is 10.1. The predicted octanol–water partition coefficient (Wildman–Crippen LogP) is 3.14. The highest BCUT2D eigenvalue weighted by molar-refractivity contribution is 6.01. The van der Waals surface area contributed by atoms with Gasteiger partial charge in [-0.3, -0.25) is 4.79 Å². The van der Waals surface area contributed by atoms with E-state index in [2.05, 4.69) is 15.5 Å². The molecule has 0 saturated heterocycles. The van der Waals surface area contributed by atoms with E-state index in [1.807, 2.05) is 44.2 Å². The second-order valence-electron chi connectivity index (χ2n) is 4.82. The van der Waals surface area contributed by atoms with Gasteiger partial charge < -0.3 is 9.40 Å². The number of benzene rings is 1. The number of aryl methyl sites for hydroxylation is 2. The molecule has 0 unspecified atom stereocenters. The fourth-order valence-corrected chi connectivity index (χ4v) is 2.24. The second kappa shape index (κ2) is 5.28. The van der Waals surface area contributed by atoms with Gasteiger partial charge in [0.05, 0.1) is 6.21 Å². The maximum absolute atomic E-state index is 12.1. The molecule has 2 heterocycles. The van der Waals surface area contributed by atoms with Crippen molar-refractivity contribution in [1.82, 2.24) is 10.4 Å². The lowest BCUT2D eigenvalue weighted by atomic mass is 10.1. The van der Waals surface area contributed by atoms with Gasteiger partial charge in [-0.1, -0.05) is 18.2 Å². The zero-order chi connectivity index (χ0) is 14.8. The Labute approximate surface area is 121 Å². The molecule has 5 heteroatoms. The van der Waals surface area contributed by atoms with Crippen molar-refractivity contribution in [2.75, 3.05) is 0 Å². The first-order valence-electron chi connectivity index (χ1n) is 6.62. The Morgan fingerprint density at radius 2 is 2.05 bits per heavy atom. The van der Waals surface area contributed by atoms with Crippen LogP contribution in [0.5, 0.6) is 0 Å². The summed E-state index contributed by atoms with van der Waals surface area (Å²) in [4.78, 5) is 15.3. The summed E-state index contributed by atoms with van der Waals surface area (Å²) in [6, 6.07) is 11.4. The van der Waals surface area contributed by atoms with Crippen molar-refractivity contribution in [2.24, 2.45) is 5.10 Å². The van der Waals surface area contributed by atoms with Crippen LogP contribution in [0.25, 0.3) is 10.9 Å². The van der Waals surface area contributed by atoms with E-state index in [1.54, 1.807) is 6.07 Å². The third-order valence-electron chi connectivity index (χ3n) is 3.31. The van der Waals surface area contributed by atoms with Crippen molar-refractivity contribution in [3.63, 3.8) is 0 Å². The van der Waals surface area contributed by atoms with E-state index in [0.29, 0.717) is 11.5 Å². The number of hydrogen-bond donors (Lipinski definition) is 2. The Morgan fingerprint density at radius 1 is 1.24 bits per heavy atom. The number of nitrogens with zero attached hydrogens (tertiary/aromatic N) is 1. The molecule has 0 aliphatic rings. The van der Waals surface area contributed by atoms with Crippen LogP contribution in [0.15, 0.2) is 45.9 Å². The van der Waals surface area contributed by atoms with E-state index < -0.39 is 0 Å². The first-order valence-corrected chi connectivity index (χ1v) is 6.62. The number of hydrazone groups is 1. The molecule has 0 spiro atoms. The summed E-state index contributed by atoms with van der Waals surface area (Å²) in [7, 11) is 0. The molecule has 0 radical (unpaired) electrons. The fourth-order valence-electron chi connectivity index (χ4n) is 2.24. The summed E-state index contributed by atoms with van der Waals surface area (Å²) in [5.41, 5.74) is 4.86. The molecular formula is C16H15N3O2. The van der Waals surface area contributed by atoms with Gasteiger partial charge in [-0.05, 0) is 37.6 Å². The Morgan fingerprint density at radius 3 is 2.76 bits per heavy atom. The zero-order valence-corrected chi connectivity index (χ0v) is 11.8. The number of carbonyl (C=O) groups is 1. The molecule has 1 amide bonds. The second-order valence-corrected chi connectivity index (χ2v) is 4.82. The normalized spacial score (nSPS) is 11.3. The fraction of sp³-hybridized carbons (Fsp3) is 0.125. The largest absolute Gasteiger partial charge is 0.460 e. The quantitative estimate of drug-likeness (QED) is 0.572. The average Bonchev–Trinajstić information content (AvgIpc) is 3.03. The van der Waals surface area contributed by atoms with E-state index in [0.717, 1.165) is 22.2 Å². The van der Waals surface area contributed by atoms with E-state index in [1.165, 1.54) is 6.21 Å². The lowest BCUT2D eigenvalue weighted by Gasteiger charge is -1.98. The monoisotopic (exact) mass is 281 g/mol. The van der Waals surface area contributed by atoms with E-state index in [-0.39, 0.29) is 5.91 Å². The van der Waals surface area contributed by atoms with Crippen LogP contribution in [-0.4, -0.2) is 17.1 Å². The Hall–Kier alpha value is -2.82. The number of carbonyl (C=O) groups excluding carboxylic acids is 1. The number of rotatable bonds is 3. The van der Waals surface area contributed by atoms with Crippen LogP contribution in [0.1, 0.15) is 27.6 Å². The molecular weight excluding hydrogens is 266 g/mol. The van der Waals surface area contributed by atoms with Crippen molar-refractivity contribution < 1.29 is 9.21 Å². The molecule has 2 aromatic heterocycles. The topological polar surface area (TPSA) is 70.4 Å². The van der Waals surface area contributed by atoms with E-state index >= 15 is 0 Å². The highest BCUT2D eigenvalue weighted by atomic mass is 16.3. The molecule has 0 aliphatic heterocycles. The van der Waals surface area contributed by atoms with Crippen molar-refractivity contribution in [3.8, 4) is 0 Å². The molecule has 1 aromatic carbocycles. The SMILES string of the molecule is Cc1ccc(/C=N\NC(=O)c2[nH]c3ccccc3c2C)o1. The summed E-state index contributed by atoms with van der Waals surface area (Å²) < 4.78 is 5.33. The van der Waals surface area contributed by atoms with Gasteiger partial charge in [0, 0.05) is 10.9 Å². The number of amides is 1. The predicted molar refractivity (Wildman–Crippen MR) is 81.5 cm³/mol. The summed E-state index contributed by atoms with van der Waals surface area (Å²) in [6.07, 6.45) is 1.48. The summed E-state index contributed by atoms with van der Waals surface area (Å²) in [5, 5.41) is 4.94. The smallest absolute Gasteiger partial charge is 0.288 e. The van der Waals surface area contributed by atoms with Crippen molar-refractivity contribution in [1.29, 1.82) is 0 Å². The Bertz CT molecular complexity index is 827. The van der Waals surface area contributed by atoms with Crippen molar-refractivity contribution in [3.05, 3.63) is 59.2 Å². The summed E-state index contributed by atoms with van der Waals surface area (Å²) >= 11 is 0. The molecule has 0 bridgehead atoms. The van der Waals surface area contributed by atoms with Gasteiger partial charge in [0.15, 0.2) is 0 Å².